The van der Waals surface area contributed by atoms with Gasteiger partial charge in [0.1, 0.15) is 12.1 Å². The molecule has 0 aliphatic heterocycles. The topological polar surface area (TPSA) is 55.3 Å². The van der Waals surface area contributed by atoms with Crippen LogP contribution in [0.2, 0.25) is 0 Å². The van der Waals surface area contributed by atoms with E-state index in [2.05, 4.69) is 9.97 Å². The highest BCUT2D eigenvalue weighted by Crippen LogP contribution is 2.22. The molecule has 1 amide bonds. The molecule has 25 heavy (non-hydrogen) atoms. The lowest BCUT2D eigenvalue weighted by atomic mass is 10.1. The minimum atomic E-state index is 0.0362. The van der Waals surface area contributed by atoms with Crippen molar-refractivity contribution in [1.82, 2.24) is 14.9 Å². The Bertz CT molecular complexity index is 807. The molecule has 6 heteroatoms. The van der Waals surface area contributed by atoms with Gasteiger partial charge in [-0.05, 0) is 23.1 Å². The molecular weight excluding hydrogens is 334 g/mol. The van der Waals surface area contributed by atoms with E-state index in [-0.39, 0.29) is 12.3 Å². The predicted molar refractivity (Wildman–Crippen MR) is 97.3 cm³/mol. The summed E-state index contributed by atoms with van der Waals surface area (Å²) in [6.45, 7) is 1.07. The van der Waals surface area contributed by atoms with Gasteiger partial charge in [0.25, 0.3) is 0 Å². The van der Waals surface area contributed by atoms with E-state index in [4.69, 9.17) is 4.74 Å². The molecule has 0 bridgehead atoms. The number of benzene rings is 1. The zero-order valence-corrected chi connectivity index (χ0v) is 14.8. The van der Waals surface area contributed by atoms with Crippen LogP contribution in [0.3, 0.4) is 0 Å². The zero-order chi connectivity index (χ0) is 17.5. The largest absolute Gasteiger partial charge is 0.496 e. The van der Waals surface area contributed by atoms with Gasteiger partial charge in [0, 0.05) is 29.4 Å². The van der Waals surface area contributed by atoms with E-state index in [9.17, 15) is 4.79 Å². The van der Waals surface area contributed by atoms with Crippen molar-refractivity contribution < 1.29 is 9.53 Å². The summed E-state index contributed by atoms with van der Waals surface area (Å²) in [5.74, 6) is 0.823. The number of amides is 1. The van der Waals surface area contributed by atoms with Crippen LogP contribution in [-0.2, 0) is 24.3 Å². The molecule has 128 valence electrons. The summed E-state index contributed by atoms with van der Waals surface area (Å²) in [7, 11) is 1.64. The molecule has 3 rings (SSSR count). The van der Waals surface area contributed by atoms with E-state index in [0.29, 0.717) is 13.1 Å². The van der Waals surface area contributed by atoms with Crippen molar-refractivity contribution in [2.45, 2.75) is 19.5 Å². The van der Waals surface area contributed by atoms with E-state index in [1.54, 1.807) is 30.8 Å². The van der Waals surface area contributed by atoms with E-state index in [0.717, 1.165) is 21.8 Å². The molecule has 0 fully saturated rings. The molecule has 2 aromatic heterocycles. The van der Waals surface area contributed by atoms with Gasteiger partial charge in [-0.3, -0.25) is 4.79 Å². The van der Waals surface area contributed by atoms with Crippen molar-refractivity contribution in [3.05, 3.63) is 76.5 Å². The number of hydrogen-bond donors (Lipinski definition) is 0. The fraction of sp³-hybridized carbons (Fsp3) is 0.211. The van der Waals surface area contributed by atoms with Gasteiger partial charge in [0.2, 0.25) is 5.91 Å². The van der Waals surface area contributed by atoms with Gasteiger partial charge in [0.05, 0.1) is 20.1 Å². The van der Waals surface area contributed by atoms with Crippen molar-refractivity contribution in [2.24, 2.45) is 0 Å². The summed E-state index contributed by atoms with van der Waals surface area (Å²) in [6.07, 6.45) is 5.10. The van der Waals surface area contributed by atoms with Crippen LogP contribution in [0.4, 0.5) is 0 Å². The molecule has 0 radical (unpaired) electrons. The lowest BCUT2D eigenvalue weighted by Gasteiger charge is -2.23. The van der Waals surface area contributed by atoms with Crippen LogP contribution >= 0.6 is 11.3 Å². The highest BCUT2D eigenvalue weighted by molar-refractivity contribution is 7.09. The van der Waals surface area contributed by atoms with Crippen LogP contribution in [0.25, 0.3) is 0 Å². The van der Waals surface area contributed by atoms with Crippen LogP contribution in [0.1, 0.15) is 16.0 Å². The highest BCUT2D eigenvalue weighted by atomic mass is 32.1. The maximum atomic E-state index is 12.9. The molecule has 0 saturated heterocycles. The smallest absolute Gasteiger partial charge is 0.227 e. The van der Waals surface area contributed by atoms with Gasteiger partial charge < -0.3 is 9.64 Å². The second kappa shape index (κ2) is 8.39. The summed E-state index contributed by atoms with van der Waals surface area (Å²) >= 11 is 1.65. The average Bonchev–Trinajstić information content (AvgIpc) is 3.15. The van der Waals surface area contributed by atoms with Crippen molar-refractivity contribution in [2.75, 3.05) is 7.11 Å². The molecule has 0 aliphatic carbocycles. The average molecular weight is 353 g/mol. The van der Waals surface area contributed by atoms with Crippen molar-refractivity contribution >= 4 is 17.2 Å². The summed E-state index contributed by atoms with van der Waals surface area (Å²) in [5.41, 5.74) is 1.79. The van der Waals surface area contributed by atoms with Gasteiger partial charge in [-0.25, -0.2) is 9.97 Å². The number of rotatable bonds is 7. The molecule has 0 saturated carbocycles. The standard InChI is InChI=1S/C19H19N3O2S/c1-24-18-7-3-2-5-16(18)12-22(13-17-6-4-8-25-17)19(23)9-15-10-20-14-21-11-15/h2-8,10-11,14H,9,12-13H2,1H3. The molecule has 0 spiro atoms. The van der Waals surface area contributed by atoms with E-state index in [1.807, 2.05) is 46.7 Å². The Morgan fingerprint density at radius 3 is 2.64 bits per heavy atom. The SMILES string of the molecule is COc1ccccc1CN(Cc1cccs1)C(=O)Cc1cncnc1. The monoisotopic (exact) mass is 353 g/mol. The lowest BCUT2D eigenvalue weighted by Crippen LogP contribution is -2.31. The molecule has 5 nitrogen and oxygen atoms in total. The Morgan fingerprint density at radius 1 is 1.12 bits per heavy atom. The molecule has 0 unspecified atom stereocenters. The Kier molecular flexibility index (Phi) is 5.74. The van der Waals surface area contributed by atoms with Crippen LogP contribution < -0.4 is 4.74 Å². The van der Waals surface area contributed by atoms with Gasteiger partial charge in [0.15, 0.2) is 0 Å². The number of para-hydroxylation sites is 1. The first-order valence-electron chi connectivity index (χ1n) is 7.92. The van der Waals surface area contributed by atoms with E-state index in [1.165, 1.54) is 6.33 Å². The van der Waals surface area contributed by atoms with Gasteiger partial charge in [-0.2, -0.15) is 0 Å². The first-order chi connectivity index (χ1) is 12.3. The number of methoxy groups -OCH3 is 1. The first-order valence-corrected chi connectivity index (χ1v) is 8.80. The number of nitrogens with zero attached hydrogens (tertiary/aromatic N) is 3. The lowest BCUT2D eigenvalue weighted by molar-refractivity contribution is -0.131. The molecule has 1 aromatic carbocycles. The number of aromatic nitrogens is 2. The fourth-order valence-electron chi connectivity index (χ4n) is 2.57. The van der Waals surface area contributed by atoms with Crippen molar-refractivity contribution in [3.8, 4) is 5.75 Å². The van der Waals surface area contributed by atoms with Crippen LogP contribution in [0.5, 0.6) is 5.75 Å². The zero-order valence-electron chi connectivity index (χ0n) is 14.0. The summed E-state index contributed by atoms with van der Waals surface area (Å²) in [4.78, 5) is 23.8. The normalized spacial score (nSPS) is 10.4. The van der Waals surface area contributed by atoms with E-state index >= 15 is 0 Å². The fourth-order valence-corrected chi connectivity index (χ4v) is 3.29. The number of thiophene rings is 1. The summed E-state index contributed by atoms with van der Waals surface area (Å²) < 4.78 is 5.42. The number of carbonyl (C=O) groups is 1. The minimum Gasteiger partial charge on any atom is -0.496 e. The van der Waals surface area contributed by atoms with Crippen LogP contribution in [0.15, 0.2) is 60.5 Å². The Balaban J connectivity index is 1.80. The maximum absolute atomic E-state index is 12.9. The second-order valence-electron chi connectivity index (χ2n) is 5.56. The van der Waals surface area contributed by atoms with Crippen LogP contribution in [0, 0.1) is 0 Å². The highest BCUT2D eigenvalue weighted by Gasteiger charge is 2.17. The van der Waals surface area contributed by atoms with Gasteiger partial charge in [-0.1, -0.05) is 24.3 Å². The van der Waals surface area contributed by atoms with Gasteiger partial charge >= 0.3 is 0 Å². The number of carbonyl (C=O) groups excluding carboxylic acids is 1. The Hall–Kier alpha value is -2.73. The number of hydrogen-bond acceptors (Lipinski definition) is 5. The molecule has 0 N–H and O–H groups in total. The summed E-state index contributed by atoms with van der Waals surface area (Å²) in [5, 5.41) is 2.02. The number of ether oxygens (including phenoxy) is 1. The van der Waals surface area contributed by atoms with Crippen molar-refractivity contribution in [1.29, 1.82) is 0 Å². The van der Waals surface area contributed by atoms with Crippen LogP contribution in [-0.4, -0.2) is 27.9 Å². The third kappa shape index (κ3) is 4.64. The maximum Gasteiger partial charge on any atom is 0.227 e. The molecule has 2 heterocycles. The molecule has 0 atom stereocenters. The van der Waals surface area contributed by atoms with E-state index < -0.39 is 0 Å². The minimum absolute atomic E-state index is 0.0362. The predicted octanol–water partition coefficient (Wildman–Crippen LogP) is 3.32. The third-order valence-corrected chi connectivity index (χ3v) is 4.66. The molecule has 0 aliphatic rings. The van der Waals surface area contributed by atoms with Crippen molar-refractivity contribution in [3.63, 3.8) is 0 Å². The summed E-state index contributed by atoms with van der Waals surface area (Å²) in [6, 6.07) is 11.8. The Labute approximate surface area is 150 Å². The second-order valence-corrected chi connectivity index (χ2v) is 6.60. The molecular formula is C19H19N3O2S. The Morgan fingerprint density at radius 2 is 1.92 bits per heavy atom. The first kappa shape index (κ1) is 17.1. The third-order valence-electron chi connectivity index (χ3n) is 3.80. The quantitative estimate of drug-likeness (QED) is 0.654. The van der Waals surface area contributed by atoms with Gasteiger partial charge in [-0.15, -0.1) is 11.3 Å². The molecule has 3 aromatic rings.